The molecule has 0 aromatic carbocycles. The van der Waals surface area contributed by atoms with Crippen LogP contribution in [0.1, 0.15) is 32.2 Å². The highest BCUT2D eigenvalue weighted by atomic mass is 16.6. The van der Waals surface area contributed by atoms with Gasteiger partial charge in [0.1, 0.15) is 18.0 Å². The Balaban J connectivity index is 2.71. The van der Waals surface area contributed by atoms with Crippen LogP contribution in [0, 0.1) is 6.92 Å². The molecule has 1 aromatic heterocycles. The second-order valence-electron chi connectivity index (χ2n) is 5.39. The number of nitrogens with zero attached hydrogens (tertiary/aromatic N) is 2. The highest BCUT2D eigenvalue weighted by Crippen LogP contribution is 2.08. The van der Waals surface area contributed by atoms with Gasteiger partial charge < -0.3 is 15.2 Å². The predicted molar refractivity (Wildman–Crippen MR) is 71.3 cm³/mol. The van der Waals surface area contributed by atoms with E-state index in [1.54, 1.807) is 33.8 Å². The normalized spacial score (nSPS) is 12.6. The minimum absolute atomic E-state index is 0.0674. The van der Waals surface area contributed by atoms with Gasteiger partial charge >= 0.3 is 12.1 Å². The predicted octanol–water partition coefficient (Wildman–Crippen LogP) is 1.31. The molecule has 1 atom stereocenters. The van der Waals surface area contributed by atoms with E-state index in [1.165, 1.54) is 6.33 Å². The molecule has 0 saturated carbocycles. The van der Waals surface area contributed by atoms with E-state index >= 15 is 0 Å². The molecule has 0 bridgehead atoms. The zero-order chi connectivity index (χ0) is 15.3. The van der Waals surface area contributed by atoms with Gasteiger partial charge in [-0.2, -0.15) is 0 Å². The third kappa shape index (κ3) is 5.64. The summed E-state index contributed by atoms with van der Waals surface area (Å²) in [6.45, 7) is 6.89. The number of carbonyl (C=O) groups excluding carboxylic acids is 1. The van der Waals surface area contributed by atoms with Gasteiger partial charge in [0.2, 0.25) is 0 Å². The lowest BCUT2D eigenvalue weighted by Gasteiger charge is -2.21. The number of nitrogens with one attached hydrogen (secondary N) is 1. The number of aryl methyl sites for hydroxylation is 1. The fourth-order valence-corrected chi connectivity index (χ4v) is 1.48. The number of ether oxygens (including phenoxy) is 1. The van der Waals surface area contributed by atoms with Crippen LogP contribution >= 0.6 is 0 Å². The number of hydrogen-bond donors (Lipinski definition) is 2. The van der Waals surface area contributed by atoms with E-state index in [4.69, 9.17) is 9.84 Å². The fourth-order valence-electron chi connectivity index (χ4n) is 1.48. The molecule has 2 N–H and O–H groups in total. The number of hydrogen-bond acceptors (Lipinski definition) is 5. The highest BCUT2D eigenvalue weighted by molar-refractivity contribution is 5.80. The molecule has 0 aliphatic heterocycles. The van der Waals surface area contributed by atoms with Crippen molar-refractivity contribution in [2.75, 3.05) is 0 Å². The van der Waals surface area contributed by atoms with Crippen molar-refractivity contribution in [3.63, 3.8) is 0 Å². The van der Waals surface area contributed by atoms with Crippen LogP contribution in [0.2, 0.25) is 0 Å². The maximum Gasteiger partial charge on any atom is 0.408 e. The van der Waals surface area contributed by atoms with Gasteiger partial charge in [0.25, 0.3) is 0 Å². The van der Waals surface area contributed by atoms with Gasteiger partial charge in [0.15, 0.2) is 0 Å². The van der Waals surface area contributed by atoms with Crippen molar-refractivity contribution in [1.82, 2.24) is 15.3 Å². The van der Waals surface area contributed by atoms with Crippen LogP contribution in [0.4, 0.5) is 4.79 Å². The van der Waals surface area contributed by atoms with E-state index in [9.17, 15) is 9.59 Å². The molecule has 7 heteroatoms. The number of alkyl carbamates (subject to hydrolysis) is 1. The number of carboxylic acid groups (broad SMARTS) is 1. The zero-order valence-electron chi connectivity index (χ0n) is 12.0. The van der Waals surface area contributed by atoms with Crippen LogP contribution in [-0.4, -0.2) is 38.8 Å². The summed E-state index contributed by atoms with van der Waals surface area (Å²) >= 11 is 0. The minimum atomic E-state index is -1.15. The second-order valence-corrected chi connectivity index (χ2v) is 5.39. The number of carboxylic acids is 1. The standard InChI is InChI=1S/C13H19N3O4/c1-8-5-9(15-7-14-8)6-10(11(17)18)16-12(19)20-13(2,3)4/h5,7,10H,6H2,1-4H3,(H,16,19)(H,17,18). The van der Waals surface area contributed by atoms with Crippen LogP contribution in [-0.2, 0) is 16.0 Å². The van der Waals surface area contributed by atoms with E-state index in [1.807, 2.05) is 0 Å². The number of carbonyl (C=O) groups is 2. The first-order chi connectivity index (χ1) is 9.17. The molecule has 0 radical (unpaired) electrons. The van der Waals surface area contributed by atoms with Gasteiger partial charge in [0, 0.05) is 17.8 Å². The summed E-state index contributed by atoms with van der Waals surface area (Å²) in [4.78, 5) is 30.7. The Bertz CT molecular complexity index is 497. The fraction of sp³-hybridized carbons (Fsp3) is 0.538. The number of aromatic nitrogens is 2. The van der Waals surface area contributed by atoms with Gasteiger partial charge in [-0.3, -0.25) is 0 Å². The van der Waals surface area contributed by atoms with Crippen molar-refractivity contribution in [2.45, 2.75) is 45.8 Å². The Kier molecular flexibility index (Phi) is 5.01. The quantitative estimate of drug-likeness (QED) is 0.862. The molecular formula is C13H19N3O4. The molecule has 7 nitrogen and oxygen atoms in total. The van der Waals surface area contributed by atoms with Crippen molar-refractivity contribution in [3.8, 4) is 0 Å². The summed E-state index contributed by atoms with van der Waals surface area (Å²) in [6.07, 6.45) is 0.658. The Hall–Kier alpha value is -2.18. The lowest BCUT2D eigenvalue weighted by atomic mass is 10.1. The first-order valence-electron chi connectivity index (χ1n) is 6.17. The Morgan fingerprint density at radius 1 is 1.40 bits per heavy atom. The molecule has 1 rings (SSSR count). The highest BCUT2D eigenvalue weighted by Gasteiger charge is 2.24. The molecule has 0 spiro atoms. The third-order valence-corrected chi connectivity index (χ3v) is 2.26. The molecule has 0 fully saturated rings. The Labute approximate surface area is 117 Å². The van der Waals surface area contributed by atoms with Crippen molar-refractivity contribution in [2.24, 2.45) is 0 Å². The molecule has 0 aliphatic carbocycles. The molecule has 1 unspecified atom stereocenters. The summed E-state index contributed by atoms with van der Waals surface area (Å²) in [5.74, 6) is -1.15. The monoisotopic (exact) mass is 281 g/mol. The third-order valence-electron chi connectivity index (χ3n) is 2.26. The summed E-state index contributed by atoms with van der Waals surface area (Å²) in [6, 6.07) is 0.575. The average molecular weight is 281 g/mol. The molecule has 110 valence electrons. The van der Waals surface area contributed by atoms with E-state index < -0.39 is 23.7 Å². The minimum Gasteiger partial charge on any atom is -0.480 e. The Morgan fingerprint density at radius 2 is 2.05 bits per heavy atom. The molecule has 1 aromatic rings. The topological polar surface area (TPSA) is 101 Å². The van der Waals surface area contributed by atoms with E-state index in [0.717, 1.165) is 5.69 Å². The van der Waals surface area contributed by atoms with Crippen LogP contribution in [0.25, 0.3) is 0 Å². The van der Waals surface area contributed by atoms with Crippen molar-refractivity contribution >= 4 is 12.1 Å². The zero-order valence-corrected chi connectivity index (χ0v) is 12.0. The van der Waals surface area contributed by atoms with Gasteiger partial charge in [-0.15, -0.1) is 0 Å². The number of aliphatic carboxylic acids is 1. The van der Waals surface area contributed by atoms with Crippen molar-refractivity contribution in [1.29, 1.82) is 0 Å². The maximum absolute atomic E-state index is 11.6. The average Bonchev–Trinajstić information content (AvgIpc) is 2.25. The van der Waals surface area contributed by atoms with Gasteiger partial charge in [0.05, 0.1) is 0 Å². The largest absolute Gasteiger partial charge is 0.480 e. The van der Waals surface area contributed by atoms with Crippen LogP contribution in [0.15, 0.2) is 12.4 Å². The first kappa shape index (κ1) is 15.9. The summed E-state index contributed by atoms with van der Waals surface area (Å²) < 4.78 is 5.03. The smallest absolute Gasteiger partial charge is 0.408 e. The molecule has 0 saturated heterocycles. The molecule has 1 heterocycles. The summed E-state index contributed by atoms with van der Waals surface area (Å²) in [7, 11) is 0. The number of amides is 1. The lowest BCUT2D eigenvalue weighted by Crippen LogP contribution is -2.44. The van der Waals surface area contributed by atoms with Crippen LogP contribution in [0.5, 0.6) is 0 Å². The lowest BCUT2D eigenvalue weighted by molar-refractivity contribution is -0.139. The van der Waals surface area contributed by atoms with Crippen molar-refractivity contribution in [3.05, 3.63) is 23.8 Å². The molecule has 1 amide bonds. The SMILES string of the molecule is Cc1cc(CC(NC(=O)OC(C)(C)C)C(=O)O)ncn1. The van der Waals surface area contributed by atoms with Crippen molar-refractivity contribution < 1.29 is 19.4 Å². The summed E-state index contributed by atoms with van der Waals surface area (Å²) in [5, 5.41) is 11.5. The van der Waals surface area contributed by atoms with Crippen LogP contribution < -0.4 is 5.32 Å². The molecule has 0 aliphatic rings. The van der Waals surface area contributed by atoms with Gasteiger partial charge in [-0.25, -0.2) is 19.6 Å². The maximum atomic E-state index is 11.6. The van der Waals surface area contributed by atoms with E-state index in [2.05, 4.69) is 15.3 Å². The van der Waals surface area contributed by atoms with E-state index in [0.29, 0.717) is 5.69 Å². The van der Waals surface area contributed by atoms with Gasteiger partial charge in [-0.1, -0.05) is 0 Å². The first-order valence-corrected chi connectivity index (χ1v) is 6.17. The van der Waals surface area contributed by atoms with E-state index in [-0.39, 0.29) is 6.42 Å². The molecule has 20 heavy (non-hydrogen) atoms. The summed E-state index contributed by atoms with van der Waals surface area (Å²) in [5.41, 5.74) is 0.593. The second kappa shape index (κ2) is 6.31. The number of rotatable bonds is 4. The molecular weight excluding hydrogens is 262 g/mol. The Morgan fingerprint density at radius 3 is 2.55 bits per heavy atom. The van der Waals surface area contributed by atoms with Gasteiger partial charge in [-0.05, 0) is 33.8 Å². The van der Waals surface area contributed by atoms with Crippen LogP contribution in [0.3, 0.4) is 0 Å².